The summed E-state index contributed by atoms with van der Waals surface area (Å²) in [7, 11) is 3.28. The zero-order valence-corrected chi connectivity index (χ0v) is 19.8. The van der Waals surface area contributed by atoms with E-state index in [4.69, 9.17) is 9.47 Å². The Morgan fingerprint density at radius 1 is 0.967 bits per heavy atom. The van der Waals surface area contributed by atoms with Gasteiger partial charge in [0.05, 0.1) is 13.7 Å². The van der Waals surface area contributed by atoms with Crippen LogP contribution < -0.4 is 5.30 Å². The predicted octanol–water partition coefficient (Wildman–Crippen LogP) is 7.21. The van der Waals surface area contributed by atoms with Gasteiger partial charge in [0.1, 0.15) is 5.76 Å². The van der Waals surface area contributed by atoms with Gasteiger partial charge < -0.3 is 9.47 Å². The van der Waals surface area contributed by atoms with Gasteiger partial charge in [-0.3, -0.25) is 0 Å². The topological polar surface area (TPSA) is 18.5 Å². The van der Waals surface area contributed by atoms with Crippen molar-refractivity contribution in [1.82, 2.24) is 0 Å². The molecule has 0 aliphatic heterocycles. The molecule has 30 heavy (non-hydrogen) atoms. The van der Waals surface area contributed by atoms with Gasteiger partial charge in [0.2, 0.25) is 0 Å². The van der Waals surface area contributed by atoms with Gasteiger partial charge in [-0.1, -0.05) is 89.4 Å². The van der Waals surface area contributed by atoms with Crippen molar-refractivity contribution in [2.75, 3.05) is 20.8 Å². The number of hydrogen-bond acceptors (Lipinski definition) is 2. The van der Waals surface area contributed by atoms with Crippen LogP contribution in [0.1, 0.15) is 69.8 Å². The minimum absolute atomic E-state index is 0.175. The molecule has 2 saturated carbocycles. The molecule has 2 aliphatic carbocycles. The zero-order valence-electron chi connectivity index (χ0n) is 18.9. The third kappa shape index (κ3) is 6.08. The number of hydrogen-bond donors (Lipinski definition) is 0. The first kappa shape index (κ1) is 23.3. The fourth-order valence-corrected chi connectivity index (χ4v) is 9.07. The smallest absolute Gasteiger partial charge is 0.126 e. The molecule has 0 heterocycles. The lowest BCUT2D eigenvalue weighted by Gasteiger charge is -2.39. The van der Waals surface area contributed by atoms with Crippen molar-refractivity contribution in [1.29, 1.82) is 0 Å². The lowest BCUT2D eigenvalue weighted by molar-refractivity contribution is 0.234. The molecule has 2 nitrogen and oxygen atoms in total. The molecule has 0 N–H and O–H groups in total. The first-order chi connectivity index (χ1) is 14.8. The van der Waals surface area contributed by atoms with Crippen molar-refractivity contribution in [2.45, 2.75) is 75.5 Å². The molecular formula is C27H39O2P. The van der Waals surface area contributed by atoms with Crippen LogP contribution in [0.3, 0.4) is 0 Å². The Kier molecular flexibility index (Phi) is 9.69. The molecule has 0 unspecified atom stereocenters. The first-order valence-corrected chi connectivity index (χ1v) is 13.2. The maximum absolute atomic E-state index is 5.75. The summed E-state index contributed by atoms with van der Waals surface area (Å²) in [5, 5.41) is 1.57. The monoisotopic (exact) mass is 426 g/mol. The molecule has 0 aromatic heterocycles. The molecule has 164 valence electrons. The second-order valence-electron chi connectivity index (χ2n) is 8.61. The van der Waals surface area contributed by atoms with Crippen LogP contribution >= 0.6 is 7.92 Å². The number of benzene rings is 1. The summed E-state index contributed by atoms with van der Waals surface area (Å²) in [5.41, 5.74) is 4.06. The third-order valence-corrected chi connectivity index (χ3v) is 10.2. The second kappa shape index (κ2) is 12.5. The molecule has 0 saturated heterocycles. The Labute approximate surface area is 185 Å². The van der Waals surface area contributed by atoms with Crippen molar-refractivity contribution in [2.24, 2.45) is 0 Å². The first-order valence-electron chi connectivity index (χ1n) is 11.7. The van der Waals surface area contributed by atoms with Crippen molar-refractivity contribution in [3.05, 3.63) is 60.4 Å². The van der Waals surface area contributed by atoms with E-state index in [-0.39, 0.29) is 7.92 Å². The number of rotatable bonds is 9. The molecule has 1 aromatic rings. The molecule has 2 aliphatic rings. The van der Waals surface area contributed by atoms with Crippen LogP contribution in [0.4, 0.5) is 0 Å². The summed E-state index contributed by atoms with van der Waals surface area (Å²) >= 11 is 0. The van der Waals surface area contributed by atoms with Crippen LogP contribution in [-0.2, 0) is 9.47 Å². The SMILES string of the molecule is C=C(/C(=C\C=C/COC)OC)c1ccccc1P(C1CCCCC1)C1CCCCC1. The molecule has 2 fully saturated rings. The Bertz CT molecular complexity index is 706. The van der Waals surface area contributed by atoms with Gasteiger partial charge in [0.25, 0.3) is 0 Å². The fourth-order valence-electron chi connectivity index (χ4n) is 5.10. The summed E-state index contributed by atoms with van der Waals surface area (Å²) in [6.45, 7) is 5.08. The van der Waals surface area contributed by atoms with E-state index >= 15 is 0 Å². The Hall–Kier alpha value is -1.37. The summed E-state index contributed by atoms with van der Waals surface area (Å²) in [6, 6.07) is 9.07. The zero-order chi connectivity index (χ0) is 21.2. The lowest BCUT2D eigenvalue weighted by Crippen LogP contribution is -2.27. The molecule has 3 rings (SSSR count). The third-order valence-electron chi connectivity index (χ3n) is 6.61. The Morgan fingerprint density at radius 2 is 1.57 bits per heavy atom. The Balaban J connectivity index is 1.94. The fraction of sp³-hybridized carbons (Fsp3) is 0.556. The highest BCUT2D eigenvalue weighted by Crippen LogP contribution is 2.55. The van der Waals surface area contributed by atoms with Crippen molar-refractivity contribution >= 4 is 18.8 Å². The van der Waals surface area contributed by atoms with E-state index in [0.717, 1.165) is 22.7 Å². The summed E-state index contributed by atoms with van der Waals surface area (Å²) in [6.07, 6.45) is 20.1. The molecule has 0 amide bonds. The summed E-state index contributed by atoms with van der Waals surface area (Å²) < 4.78 is 10.9. The maximum Gasteiger partial charge on any atom is 0.126 e. The minimum Gasteiger partial charge on any atom is -0.496 e. The predicted molar refractivity (Wildman–Crippen MR) is 132 cm³/mol. The van der Waals surface area contributed by atoms with Crippen LogP contribution in [0, 0.1) is 0 Å². The maximum atomic E-state index is 5.75. The van der Waals surface area contributed by atoms with E-state index in [9.17, 15) is 0 Å². The van der Waals surface area contributed by atoms with Gasteiger partial charge in [-0.25, -0.2) is 0 Å². The van der Waals surface area contributed by atoms with Crippen LogP contribution in [0.5, 0.6) is 0 Å². The van der Waals surface area contributed by atoms with Crippen molar-refractivity contribution < 1.29 is 9.47 Å². The number of methoxy groups -OCH3 is 2. The molecule has 0 bridgehead atoms. The summed E-state index contributed by atoms with van der Waals surface area (Å²) in [4.78, 5) is 0. The van der Waals surface area contributed by atoms with Crippen LogP contribution in [0.2, 0.25) is 0 Å². The van der Waals surface area contributed by atoms with Gasteiger partial charge >= 0.3 is 0 Å². The van der Waals surface area contributed by atoms with E-state index in [2.05, 4.69) is 30.8 Å². The van der Waals surface area contributed by atoms with E-state index in [1.165, 1.54) is 69.8 Å². The second-order valence-corrected chi connectivity index (χ2v) is 11.4. The molecule has 1 aromatic carbocycles. The van der Waals surface area contributed by atoms with Crippen LogP contribution in [-0.4, -0.2) is 32.1 Å². The summed E-state index contributed by atoms with van der Waals surface area (Å²) in [5.74, 6) is 0.844. The number of allylic oxidation sites excluding steroid dienone is 3. The molecular weight excluding hydrogens is 387 g/mol. The molecule has 3 heteroatoms. The van der Waals surface area contributed by atoms with Gasteiger partial charge in [-0.2, -0.15) is 0 Å². The average Bonchev–Trinajstić information content (AvgIpc) is 2.81. The highest BCUT2D eigenvalue weighted by molar-refractivity contribution is 7.67. The van der Waals surface area contributed by atoms with Crippen LogP contribution in [0.25, 0.3) is 5.57 Å². The normalized spacial score (nSPS) is 19.5. The van der Waals surface area contributed by atoms with E-state index in [0.29, 0.717) is 6.61 Å². The van der Waals surface area contributed by atoms with Gasteiger partial charge in [0.15, 0.2) is 0 Å². The number of ether oxygens (including phenoxy) is 2. The quantitative estimate of drug-likeness (QED) is 0.236. The van der Waals surface area contributed by atoms with E-state index in [1.807, 2.05) is 18.2 Å². The van der Waals surface area contributed by atoms with E-state index in [1.54, 1.807) is 19.5 Å². The van der Waals surface area contributed by atoms with Crippen LogP contribution in [0.15, 0.2) is 54.8 Å². The van der Waals surface area contributed by atoms with Gasteiger partial charge in [-0.15, -0.1) is 0 Å². The highest BCUT2D eigenvalue weighted by atomic mass is 31.1. The standard InChI is InChI=1S/C27H39O2P/c1-22(26(29-3)19-12-13-21-28-2)25-18-10-11-20-27(25)30(23-14-6-4-7-15-23)24-16-8-5-9-17-24/h10-13,18-20,23-24H,1,4-9,14-17,21H2,2-3H3/b13-12-,26-19+. The van der Waals surface area contributed by atoms with Crippen molar-refractivity contribution in [3.8, 4) is 0 Å². The average molecular weight is 427 g/mol. The molecule has 0 spiro atoms. The van der Waals surface area contributed by atoms with Gasteiger partial charge in [-0.05, 0) is 53.9 Å². The highest BCUT2D eigenvalue weighted by Gasteiger charge is 2.33. The van der Waals surface area contributed by atoms with Crippen molar-refractivity contribution in [3.63, 3.8) is 0 Å². The Morgan fingerprint density at radius 3 is 2.13 bits per heavy atom. The van der Waals surface area contributed by atoms with Gasteiger partial charge in [0, 0.05) is 12.7 Å². The lowest BCUT2D eigenvalue weighted by atomic mass is 9.99. The minimum atomic E-state index is -0.175. The van der Waals surface area contributed by atoms with E-state index < -0.39 is 0 Å². The largest absolute Gasteiger partial charge is 0.496 e. The molecule has 0 atom stereocenters. The molecule has 0 radical (unpaired) electrons.